The van der Waals surface area contributed by atoms with Gasteiger partial charge in [-0.1, -0.05) is 12.2 Å². The summed E-state index contributed by atoms with van der Waals surface area (Å²) in [6.45, 7) is 7.52. The lowest BCUT2D eigenvalue weighted by atomic mass is 10.5. The molecule has 1 heterocycles. The molecule has 0 radical (unpaired) electrons. The Hall–Kier alpha value is -0.620. The minimum absolute atomic E-state index is 0.199. The molecule has 1 fully saturated rings. The summed E-state index contributed by atoms with van der Waals surface area (Å²) in [5, 5.41) is 0. The van der Waals surface area contributed by atoms with E-state index in [9.17, 15) is 9.59 Å². The minimum Gasteiger partial charge on any atom is -0.288 e. The van der Waals surface area contributed by atoms with Crippen molar-refractivity contribution in [1.29, 1.82) is 0 Å². The number of amides is 3. The van der Waals surface area contributed by atoms with E-state index in [-0.39, 0.29) is 25.0 Å². The second-order valence-electron chi connectivity index (χ2n) is 2.93. The highest BCUT2D eigenvalue weighted by Gasteiger charge is 2.53. The van der Waals surface area contributed by atoms with E-state index >= 15 is 0 Å². The Morgan fingerprint density at radius 1 is 1.20 bits per heavy atom. The van der Waals surface area contributed by atoms with Crippen LogP contribution in [0.2, 0.25) is 0 Å². The Kier molecular flexibility index (Phi) is 3.72. The molecule has 0 aromatic carbocycles. The monoisotopic (exact) mass is 336 g/mol. The van der Waals surface area contributed by atoms with Gasteiger partial charge in [-0.2, -0.15) is 0 Å². The fourth-order valence-electron chi connectivity index (χ4n) is 1.24. The van der Waals surface area contributed by atoms with Gasteiger partial charge < -0.3 is 0 Å². The predicted molar refractivity (Wildman–Crippen MR) is 64.8 cm³/mol. The van der Waals surface area contributed by atoms with Gasteiger partial charge in [-0.15, -0.1) is 13.2 Å². The van der Waals surface area contributed by atoms with E-state index in [1.54, 1.807) is 6.08 Å². The zero-order chi connectivity index (χ0) is 11.6. The average Bonchev–Trinajstić information content (AvgIpc) is 2.33. The van der Waals surface area contributed by atoms with Crippen LogP contribution >= 0.6 is 31.9 Å². The van der Waals surface area contributed by atoms with Crippen LogP contribution in [0.15, 0.2) is 25.3 Å². The third-order valence-electron chi connectivity index (χ3n) is 1.93. The Morgan fingerprint density at radius 2 is 1.73 bits per heavy atom. The first-order valence-corrected chi connectivity index (χ1v) is 5.78. The van der Waals surface area contributed by atoms with Crippen molar-refractivity contribution in [3.63, 3.8) is 0 Å². The maximum atomic E-state index is 11.8. The van der Waals surface area contributed by atoms with Gasteiger partial charge in [-0.05, 0) is 31.9 Å². The Labute approximate surface area is 105 Å². The fourth-order valence-corrected chi connectivity index (χ4v) is 2.26. The van der Waals surface area contributed by atoms with Gasteiger partial charge in [0, 0.05) is 13.1 Å². The Morgan fingerprint density at radius 3 is 2.20 bits per heavy atom. The van der Waals surface area contributed by atoms with Crippen molar-refractivity contribution in [2.45, 2.75) is 3.36 Å². The highest BCUT2D eigenvalue weighted by molar-refractivity contribution is 9.25. The summed E-state index contributed by atoms with van der Waals surface area (Å²) in [5.41, 5.74) is 0. The lowest BCUT2D eigenvalue weighted by molar-refractivity contribution is -0.126. The van der Waals surface area contributed by atoms with Crippen LogP contribution in [-0.4, -0.2) is 38.2 Å². The molecule has 4 nitrogen and oxygen atoms in total. The van der Waals surface area contributed by atoms with Crippen molar-refractivity contribution in [3.8, 4) is 0 Å². The second-order valence-corrected chi connectivity index (χ2v) is 6.29. The van der Waals surface area contributed by atoms with Crippen LogP contribution in [0.4, 0.5) is 4.79 Å². The number of urea groups is 1. The molecule has 1 saturated heterocycles. The SMILES string of the molecule is C=CCN1C(=O)N(CC=C)C(Br)(Br)C1=O. The highest BCUT2D eigenvalue weighted by Crippen LogP contribution is 2.38. The summed E-state index contributed by atoms with van der Waals surface area (Å²) in [7, 11) is 0. The zero-order valence-electron chi connectivity index (χ0n) is 7.95. The lowest BCUT2D eigenvalue weighted by Crippen LogP contribution is -2.38. The van der Waals surface area contributed by atoms with Gasteiger partial charge in [0.2, 0.25) is 3.36 Å². The Bertz CT molecular complexity index is 328. The van der Waals surface area contributed by atoms with Gasteiger partial charge in [-0.3, -0.25) is 14.6 Å². The standard InChI is InChI=1S/C9H10Br2N2O2/c1-3-5-12-7(14)9(10,11)13(6-4-2)8(12)15/h3-4H,1-2,5-6H2. The van der Waals surface area contributed by atoms with Crippen molar-refractivity contribution >= 4 is 43.8 Å². The summed E-state index contributed by atoms with van der Waals surface area (Å²) < 4.78 is -1.16. The smallest absolute Gasteiger partial charge is 0.288 e. The molecule has 0 aromatic heterocycles. The molecular formula is C9H10Br2N2O2. The van der Waals surface area contributed by atoms with Gasteiger partial charge >= 0.3 is 6.03 Å². The van der Waals surface area contributed by atoms with Crippen molar-refractivity contribution in [3.05, 3.63) is 25.3 Å². The lowest BCUT2D eigenvalue weighted by Gasteiger charge is -2.22. The van der Waals surface area contributed by atoms with E-state index in [0.717, 1.165) is 4.90 Å². The number of carbonyl (C=O) groups excluding carboxylic acids is 2. The van der Waals surface area contributed by atoms with Crippen molar-refractivity contribution in [2.24, 2.45) is 0 Å². The average molecular weight is 338 g/mol. The van der Waals surface area contributed by atoms with E-state index in [1.165, 1.54) is 11.0 Å². The number of hydrogen-bond acceptors (Lipinski definition) is 2. The van der Waals surface area contributed by atoms with Crippen LogP contribution in [0.3, 0.4) is 0 Å². The largest absolute Gasteiger partial charge is 0.329 e. The summed E-state index contributed by atoms with van der Waals surface area (Å²) in [4.78, 5) is 26.0. The summed E-state index contributed by atoms with van der Waals surface area (Å²) in [6, 6.07) is -0.367. The molecule has 0 saturated carbocycles. The van der Waals surface area contributed by atoms with Crippen LogP contribution in [0, 0.1) is 0 Å². The molecule has 6 heteroatoms. The first kappa shape index (κ1) is 12.4. The van der Waals surface area contributed by atoms with Crippen molar-refractivity contribution < 1.29 is 9.59 Å². The number of imide groups is 1. The minimum atomic E-state index is -1.16. The number of nitrogens with zero attached hydrogens (tertiary/aromatic N) is 2. The zero-order valence-corrected chi connectivity index (χ0v) is 11.1. The van der Waals surface area contributed by atoms with Crippen molar-refractivity contribution in [2.75, 3.05) is 13.1 Å². The quantitative estimate of drug-likeness (QED) is 0.341. The third-order valence-corrected chi connectivity index (χ3v) is 3.46. The first-order valence-electron chi connectivity index (χ1n) is 4.20. The molecule has 0 spiro atoms. The summed E-state index contributed by atoms with van der Waals surface area (Å²) in [5.74, 6) is -0.353. The van der Waals surface area contributed by atoms with Gasteiger partial charge in [0.25, 0.3) is 5.91 Å². The number of alkyl halides is 2. The molecule has 1 rings (SSSR count). The summed E-state index contributed by atoms with van der Waals surface area (Å²) in [6.07, 6.45) is 3.06. The number of rotatable bonds is 4. The molecule has 15 heavy (non-hydrogen) atoms. The number of hydrogen-bond donors (Lipinski definition) is 0. The van der Waals surface area contributed by atoms with Gasteiger partial charge in [0.15, 0.2) is 0 Å². The molecule has 0 aromatic rings. The third kappa shape index (κ3) is 2.01. The van der Waals surface area contributed by atoms with E-state index in [1.807, 2.05) is 0 Å². The maximum Gasteiger partial charge on any atom is 0.329 e. The summed E-state index contributed by atoms with van der Waals surface area (Å²) >= 11 is 6.35. The van der Waals surface area contributed by atoms with Crippen LogP contribution in [0.5, 0.6) is 0 Å². The van der Waals surface area contributed by atoms with Gasteiger partial charge in [-0.25, -0.2) is 4.79 Å². The molecule has 0 aliphatic carbocycles. The topological polar surface area (TPSA) is 40.6 Å². The van der Waals surface area contributed by atoms with Crippen molar-refractivity contribution in [1.82, 2.24) is 9.80 Å². The van der Waals surface area contributed by atoms with Crippen LogP contribution in [0.1, 0.15) is 0 Å². The van der Waals surface area contributed by atoms with Gasteiger partial charge in [0.05, 0.1) is 0 Å². The molecule has 0 N–H and O–H groups in total. The van der Waals surface area contributed by atoms with Crippen LogP contribution < -0.4 is 0 Å². The Balaban J connectivity index is 3.01. The van der Waals surface area contributed by atoms with E-state index in [4.69, 9.17) is 0 Å². The molecule has 0 bridgehead atoms. The number of halogens is 2. The molecule has 1 aliphatic heterocycles. The number of carbonyl (C=O) groups is 2. The van der Waals surface area contributed by atoms with Crippen LogP contribution in [-0.2, 0) is 4.79 Å². The van der Waals surface area contributed by atoms with Gasteiger partial charge in [0.1, 0.15) is 0 Å². The molecule has 1 aliphatic rings. The maximum absolute atomic E-state index is 11.8. The molecule has 0 unspecified atom stereocenters. The van der Waals surface area contributed by atoms with E-state index in [0.29, 0.717) is 0 Å². The molecule has 0 atom stereocenters. The molecular weight excluding hydrogens is 328 g/mol. The van der Waals surface area contributed by atoms with Crippen LogP contribution in [0.25, 0.3) is 0 Å². The second kappa shape index (κ2) is 4.49. The van der Waals surface area contributed by atoms with E-state index < -0.39 is 3.36 Å². The molecule has 82 valence electrons. The first-order chi connectivity index (χ1) is 6.96. The normalized spacial score (nSPS) is 19.6. The highest BCUT2D eigenvalue weighted by atomic mass is 79.9. The van der Waals surface area contributed by atoms with E-state index in [2.05, 4.69) is 45.0 Å². The molecule has 3 amide bonds. The predicted octanol–water partition coefficient (Wildman–Crippen LogP) is 2.07. The fraction of sp³-hybridized carbons (Fsp3) is 0.333.